The molecule has 0 aliphatic carbocycles. The highest BCUT2D eigenvalue weighted by atomic mass is 16.5. The van der Waals surface area contributed by atoms with Gasteiger partial charge >= 0.3 is 0 Å². The standard InChI is InChI=1S/C13H20N2O2/c1-15-5-3-11(4-6-15)17-13-8-10(14)7-12(9-13)16-2/h7-9,11H,3-6,14H2,1-2H3. The average molecular weight is 236 g/mol. The van der Waals surface area contributed by atoms with Crippen LogP contribution >= 0.6 is 0 Å². The quantitative estimate of drug-likeness (QED) is 0.812. The van der Waals surface area contributed by atoms with E-state index < -0.39 is 0 Å². The molecule has 4 nitrogen and oxygen atoms in total. The lowest BCUT2D eigenvalue weighted by Gasteiger charge is -2.29. The Morgan fingerprint density at radius 2 is 1.82 bits per heavy atom. The Balaban J connectivity index is 2.00. The van der Waals surface area contributed by atoms with Crippen LogP contribution in [0.4, 0.5) is 5.69 Å². The first-order valence-corrected chi connectivity index (χ1v) is 5.97. The second kappa shape index (κ2) is 5.27. The normalized spacial score (nSPS) is 18.0. The van der Waals surface area contributed by atoms with Gasteiger partial charge in [-0.1, -0.05) is 0 Å². The van der Waals surface area contributed by atoms with Crippen molar-refractivity contribution < 1.29 is 9.47 Å². The summed E-state index contributed by atoms with van der Waals surface area (Å²) in [6, 6.07) is 5.52. The Labute approximate surface area is 102 Å². The van der Waals surface area contributed by atoms with Gasteiger partial charge in [0.15, 0.2) is 0 Å². The molecule has 17 heavy (non-hydrogen) atoms. The van der Waals surface area contributed by atoms with Crippen LogP contribution in [0.3, 0.4) is 0 Å². The van der Waals surface area contributed by atoms with Gasteiger partial charge in [0.2, 0.25) is 0 Å². The number of hydrogen-bond acceptors (Lipinski definition) is 4. The highest BCUT2D eigenvalue weighted by Gasteiger charge is 2.18. The summed E-state index contributed by atoms with van der Waals surface area (Å²) in [5, 5.41) is 0. The van der Waals surface area contributed by atoms with E-state index >= 15 is 0 Å². The molecule has 94 valence electrons. The van der Waals surface area contributed by atoms with Crippen LogP contribution in [0.2, 0.25) is 0 Å². The highest BCUT2D eigenvalue weighted by molar-refractivity contribution is 5.50. The highest BCUT2D eigenvalue weighted by Crippen LogP contribution is 2.26. The van der Waals surface area contributed by atoms with E-state index in [2.05, 4.69) is 11.9 Å². The van der Waals surface area contributed by atoms with E-state index in [1.807, 2.05) is 12.1 Å². The third-order valence-electron chi connectivity index (χ3n) is 3.11. The molecule has 1 aliphatic rings. The third kappa shape index (κ3) is 3.27. The van der Waals surface area contributed by atoms with E-state index in [1.165, 1.54) is 0 Å². The van der Waals surface area contributed by atoms with Crippen LogP contribution in [0.15, 0.2) is 18.2 Å². The van der Waals surface area contributed by atoms with E-state index in [-0.39, 0.29) is 6.10 Å². The molecule has 2 rings (SSSR count). The molecular formula is C13H20N2O2. The number of rotatable bonds is 3. The number of nitrogens with two attached hydrogens (primary N) is 1. The zero-order chi connectivity index (χ0) is 12.3. The van der Waals surface area contributed by atoms with Gasteiger partial charge in [0.1, 0.15) is 17.6 Å². The minimum absolute atomic E-state index is 0.290. The van der Waals surface area contributed by atoms with Crippen molar-refractivity contribution in [2.24, 2.45) is 0 Å². The van der Waals surface area contributed by atoms with Gasteiger partial charge in [-0.25, -0.2) is 0 Å². The van der Waals surface area contributed by atoms with E-state index in [0.717, 1.165) is 37.4 Å². The number of methoxy groups -OCH3 is 1. The lowest BCUT2D eigenvalue weighted by atomic mass is 10.1. The smallest absolute Gasteiger partial charge is 0.125 e. The van der Waals surface area contributed by atoms with Crippen molar-refractivity contribution in [1.29, 1.82) is 0 Å². The molecule has 0 spiro atoms. The topological polar surface area (TPSA) is 47.7 Å². The Morgan fingerprint density at radius 3 is 2.47 bits per heavy atom. The van der Waals surface area contributed by atoms with Gasteiger partial charge in [-0.05, 0) is 19.9 Å². The third-order valence-corrected chi connectivity index (χ3v) is 3.11. The lowest BCUT2D eigenvalue weighted by Crippen LogP contribution is -2.35. The predicted molar refractivity (Wildman–Crippen MR) is 68.6 cm³/mol. The first-order chi connectivity index (χ1) is 8.17. The molecule has 1 saturated heterocycles. The SMILES string of the molecule is COc1cc(N)cc(OC2CCN(C)CC2)c1. The Kier molecular flexibility index (Phi) is 3.74. The number of likely N-dealkylation sites (tertiary alicyclic amines) is 1. The molecule has 4 heteroatoms. The number of anilines is 1. The Hall–Kier alpha value is -1.42. The van der Waals surface area contributed by atoms with Crippen LogP contribution in [0.1, 0.15) is 12.8 Å². The maximum absolute atomic E-state index is 5.94. The van der Waals surface area contributed by atoms with Crippen molar-refractivity contribution in [2.75, 3.05) is 33.0 Å². The van der Waals surface area contributed by atoms with E-state index in [1.54, 1.807) is 13.2 Å². The molecule has 1 aromatic carbocycles. The minimum Gasteiger partial charge on any atom is -0.497 e. The van der Waals surface area contributed by atoms with Crippen LogP contribution in [-0.2, 0) is 0 Å². The van der Waals surface area contributed by atoms with Gasteiger partial charge in [0, 0.05) is 37.0 Å². The molecule has 1 aliphatic heterocycles. The van der Waals surface area contributed by atoms with Crippen LogP contribution in [-0.4, -0.2) is 38.3 Å². The second-order valence-corrected chi connectivity index (χ2v) is 4.56. The van der Waals surface area contributed by atoms with Gasteiger partial charge in [-0.3, -0.25) is 0 Å². The maximum Gasteiger partial charge on any atom is 0.125 e. The van der Waals surface area contributed by atoms with E-state index in [4.69, 9.17) is 15.2 Å². The van der Waals surface area contributed by atoms with Gasteiger partial charge < -0.3 is 20.1 Å². The average Bonchev–Trinajstić information content (AvgIpc) is 2.31. The fraction of sp³-hybridized carbons (Fsp3) is 0.538. The van der Waals surface area contributed by atoms with Gasteiger partial charge in [-0.15, -0.1) is 0 Å². The van der Waals surface area contributed by atoms with Crippen molar-refractivity contribution in [3.63, 3.8) is 0 Å². The molecule has 0 aromatic heterocycles. The van der Waals surface area contributed by atoms with Crippen molar-refractivity contribution in [1.82, 2.24) is 4.90 Å². The van der Waals surface area contributed by atoms with Gasteiger partial charge in [0.25, 0.3) is 0 Å². The summed E-state index contributed by atoms with van der Waals surface area (Å²) in [7, 11) is 3.77. The number of ether oxygens (including phenoxy) is 2. The molecule has 2 N–H and O–H groups in total. The molecule has 0 radical (unpaired) electrons. The first kappa shape index (κ1) is 12.0. The Bertz CT molecular complexity index is 374. The molecule has 0 atom stereocenters. The van der Waals surface area contributed by atoms with Crippen LogP contribution < -0.4 is 15.2 Å². The number of piperidine rings is 1. The van der Waals surface area contributed by atoms with Crippen LogP contribution in [0.25, 0.3) is 0 Å². The van der Waals surface area contributed by atoms with E-state index in [9.17, 15) is 0 Å². The number of nitrogens with zero attached hydrogens (tertiary/aromatic N) is 1. The molecule has 0 unspecified atom stereocenters. The van der Waals surface area contributed by atoms with E-state index in [0.29, 0.717) is 5.69 Å². The van der Waals surface area contributed by atoms with Crippen molar-refractivity contribution >= 4 is 5.69 Å². The fourth-order valence-electron chi connectivity index (χ4n) is 2.07. The number of nitrogen functional groups attached to an aromatic ring is 1. The maximum atomic E-state index is 5.94. The summed E-state index contributed by atoms with van der Waals surface area (Å²) in [6.45, 7) is 2.17. The molecular weight excluding hydrogens is 216 g/mol. The zero-order valence-electron chi connectivity index (χ0n) is 10.5. The van der Waals surface area contributed by atoms with Gasteiger partial charge in [-0.2, -0.15) is 0 Å². The molecule has 0 amide bonds. The second-order valence-electron chi connectivity index (χ2n) is 4.56. The number of benzene rings is 1. The van der Waals surface area contributed by atoms with Gasteiger partial charge in [0.05, 0.1) is 7.11 Å². The lowest BCUT2D eigenvalue weighted by molar-refractivity contribution is 0.114. The van der Waals surface area contributed by atoms with Crippen molar-refractivity contribution in [3.05, 3.63) is 18.2 Å². The molecule has 0 saturated carbocycles. The molecule has 1 heterocycles. The molecule has 1 aromatic rings. The summed E-state index contributed by atoms with van der Waals surface area (Å²) in [5.74, 6) is 1.55. The Morgan fingerprint density at radius 1 is 1.18 bits per heavy atom. The van der Waals surface area contributed by atoms with Crippen molar-refractivity contribution in [2.45, 2.75) is 18.9 Å². The molecule has 0 bridgehead atoms. The summed E-state index contributed by atoms with van der Waals surface area (Å²) in [6.07, 6.45) is 2.42. The first-order valence-electron chi connectivity index (χ1n) is 5.97. The summed E-state index contributed by atoms with van der Waals surface area (Å²) < 4.78 is 11.1. The summed E-state index contributed by atoms with van der Waals surface area (Å²) in [5.41, 5.74) is 6.47. The zero-order valence-corrected chi connectivity index (χ0v) is 10.5. The number of hydrogen-bond donors (Lipinski definition) is 1. The minimum atomic E-state index is 0.290. The monoisotopic (exact) mass is 236 g/mol. The fourth-order valence-corrected chi connectivity index (χ4v) is 2.07. The largest absolute Gasteiger partial charge is 0.497 e. The summed E-state index contributed by atoms with van der Waals surface area (Å²) in [4.78, 5) is 2.32. The predicted octanol–water partition coefficient (Wildman–Crippen LogP) is 1.75. The van der Waals surface area contributed by atoms with Crippen molar-refractivity contribution in [3.8, 4) is 11.5 Å². The molecule has 1 fully saturated rings. The van der Waals surface area contributed by atoms with Crippen LogP contribution in [0.5, 0.6) is 11.5 Å². The summed E-state index contributed by atoms with van der Waals surface area (Å²) >= 11 is 0. The van der Waals surface area contributed by atoms with Crippen LogP contribution in [0, 0.1) is 0 Å².